The van der Waals surface area contributed by atoms with Crippen LogP contribution in [0.3, 0.4) is 0 Å². The van der Waals surface area contributed by atoms with E-state index >= 15 is 0 Å². The average molecular weight is 383 g/mol. The molecule has 0 aliphatic carbocycles. The molecule has 0 aliphatic rings. The first-order valence-corrected chi connectivity index (χ1v) is 9.76. The van der Waals surface area contributed by atoms with Gasteiger partial charge in [-0.3, -0.25) is 4.79 Å². The van der Waals surface area contributed by atoms with Crippen molar-refractivity contribution in [3.05, 3.63) is 59.2 Å². The largest absolute Gasteiger partial charge is 0.480 e. The quantitative estimate of drug-likeness (QED) is 0.486. The van der Waals surface area contributed by atoms with E-state index in [4.69, 9.17) is 9.47 Å². The lowest BCUT2D eigenvalue weighted by atomic mass is 10.1. The van der Waals surface area contributed by atoms with Gasteiger partial charge in [0.1, 0.15) is 5.75 Å². The zero-order valence-electron chi connectivity index (χ0n) is 17.1. The summed E-state index contributed by atoms with van der Waals surface area (Å²) in [5.74, 6) is 0.134. The molecule has 0 fully saturated rings. The molecule has 0 bridgehead atoms. The van der Waals surface area contributed by atoms with Crippen LogP contribution in [0.2, 0.25) is 0 Å². The maximum absolute atomic E-state index is 12.6. The van der Waals surface area contributed by atoms with E-state index in [0.717, 1.165) is 24.0 Å². The van der Waals surface area contributed by atoms with E-state index in [0.29, 0.717) is 30.0 Å². The first-order chi connectivity index (χ1) is 13.4. The van der Waals surface area contributed by atoms with Crippen molar-refractivity contribution in [2.75, 3.05) is 11.9 Å². The van der Waals surface area contributed by atoms with Crippen molar-refractivity contribution in [3.8, 4) is 5.75 Å². The van der Waals surface area contributed by atoms with Gasteiger partial charge in [-0.1, -0.05) is 38.0 Å². The van der Waals surface area contributed by atoms with E-state index in [2.05, 4.69) is 5.32 Å². The number of nitrogens with one attached hydrogen (secondary N) is 1. The van der Waals surface area contributed by atoms with E-state index < -0.39 is 6.10 Å². The summed E-state index contributed by atoms with van der Waals surface area (Å²) in [7, 11) is 0. The fourth-order valence-corrected chi connectivity index (χ4v) is 2.71. The molecule has 0 spiro atoms. The number of hydrogen-bond acceptors (Lipinski definition) is 4. The monoisotopic (exact) mass is 383 g/mol. The summed E-state index contributed by atoms with van der Waals surface area (Å²) in [5, 5.41) is 2.85. The Bertz CT molecular complexity index is 799. The zero-order valence-corrected chi connectivity index (χ0v) is 17.1. The molecule has 150 valence electrons. The molecule has 5 nitrogen and oxygen atoms in total. The molecular weight excluding hydrogens is 354 g/mol. The van der Waals surface area contributed by atoms with Crippen LogP contribution >= 0.6 is 0 Å². The van der Waals surface area contributed by atoms with Gasteiger partial charge in [0, 0.05) is 5.69 Å². The summed E-state index contributed by atoms with van der Waals surface area (Å²) in [6.45, 7) is 8.35. The van der Waals surface area contributed by atoms with Gasteiger partial charge in [-0.25, -0.2) is 4.79 Å². The second-order valence-corrected chi connectivity index (χ2v) is 6.84. The standard InChI is InChI=1S/C23H29NO4/c1-5-7-14-27-23(26)18-9-11-19(12-10-18)24-22(25)20(6-2)28-21-13-8-16(3)15-17(21)4/h8-13,15,20H,5-7,14H2,1-4H3,(H,24,25)/t20-/m1/s1. The lowest BCUT2D eigenvalue weighted by molar-refractivity contribution is -0.122. The molecule has 0 radical (unpaired) electrons. The Hall–Kier alpha value is -2.82. The summed E-state index contributed by atoms with van der Waals surface area (Å²) < 4.78 is 11.1. The number of rotatable bonds is 9. The topological polar surface area (TPSA) is 64.6 Å². The molecule has 28 heavy (non-hydrogen) atoms. The third-order valence-electron chi connectivity index (χ3n) is 4.38. The van der Waals surface area contributed by atoms with E-state index in [-0.39, 0.29) is 11.9 Å². The highest BCUT2D eigenvalue weighted by Gasteiger charge is 2.19. The molecule has 1 amide bonds. The smallest absolute Gasteiger partial charge is 0.338 e. The summed E-state index contributed by atoms with van der Waals surface area (Å²) in [4.78, 5) is 24.5. The molecule has 0 aromatic heterocycles. The number of benzene rings is 2. The molecular formula is C23H29NO4. The highest BCUT2D eigenvalue weighted by molar-refractivity contribution is 5.95. The highest BCUT2D eigenvalue weighted by Crippen LogP contribution is 2.21. The van der Waals surface area contributed by atoms with Gasteiger partial charge in [0.05, 0.1) is 12.2 Å². The number of amides is 1. The predicted molar refractivity (Wildman–Crippen MR) is 111 cm³/mol. The summed E-state index contributed by atoms with van der Waals surface area (Å²) >= 11 is 0. The van der Waals surface area contributed by atoms with Crippen molar-refractivity contribution in [1.82, 2.24) is 0 Å². The van der Waals surface area contributed by atoms with Gasteiger partial charge in [-0.05, 0) is 62.6 Å². The van der Waals surface area contributed by atoms with Gasteiger partial charge in [0.15, 0.2) is 6.10 Å². The third kappa shape index (κ3) is 6.12. The van der Waals surface area contributed by atoms with Crippen LogP contribution < -0.4 is 10.1 Å². The predicted octanol–water partition coefficient (Wildman–Crippen LogP) is 5.06. The van der Waals surface area contributed by atoms with Crippen LogP contribution in [0.25, 0.3) is 0 Å². The minimum Gasteiger partial charge on any atom is -0.480 e. The number of unbranched alkanes of at least 4 members (excludes halogenated alkanes) is 1. The number of esters is 1. The zero-order chi connectivity index (χ0) is 20.5. The normalized spacial score (nSPS) is 11.6. The van der Waals surface area contributed by atoms with Crippen molar-refractivity contribution < 1.29 is 19.1 Å². The SMILES string of the molecule is CCCCOC(=O)c1ccc(NC(=O)[C@@H](CC)Oc2ccc(C)cc2C)cc1. The second-order valence-electron chi connectivity index (χ2n) is 6.84. The van der Waals surface area contributed by atoms with Crippen molar-refractivity contribution >= 4 is 17.6 Å². The van der Waals surface area contributed by atoms with Crippen LogP contribution in [-0.4, -0.2) is 24.6 Å². The minimum atomic E-state index is -0.597. The third-order valence-corrected chi connectivity index (χ3v) is 4.38. The molecule has 0 heterocycles. The lowest BCUT2D eigenvalue weighted by Gasteiger charge is -2.19. The van der Waals surface area contributed by atoms with Crippen LogP contribution in [0, 0.1) is 13.8 Å². The summed E-state index contributed by atoms with van der Waals surface area (Å²) in [6, 6.07) is 12.6. The van der Waals surface area contributed by atoms with Gasteiger partial charge in [0.2, 0.25) is 0 Å². The van der Waals surface area contributed by atoms with Gasteiger partial charge in [-0.15, -0.1) is 0 Å². The Labute approximate surface area is 167 Å². The van der Waals surface area contributed by atoms with E-state index in [1.165, 1.54) is 0 Å². The van der Waals surface area contributed by atoms with Gasteiger partial charge in [-0.2, -0.15) is 0 Å². The molecule has 0 unspecified atom stereocenters. The number of anilines is 1. The Balaban J connectivity index is 1.97. The summed E-state index contributed by atoms with van der Waals surface area (Å²) in [5.41, 5.74) is 3.22. The molecule has 0 saturated carbocycles. The number of carbonyl (C=O) groups excluding carboxylic acids is 2. The Morgan fingerprint density at radius 2 is 1.75 bits per heavy atom. The molecule has 1 N–H and O–H groups in total. The van der Waals surface area contributed by atoms with Gasteiger partial charge in [0.25, 0.3) is 5.91 Å². The fourth-order valence-electron chi connectivity index (χ4n) is 2.71. The Kier molecular flexibility index (Phi) is 8.05. The molecule has 2 rings (SSSR count). The average Bonchev–Trinajstić information content (AvgIpc) is 2.68. The molecule has 0 aliphatic heterocycles. The van der Waals surface area contributed by atoms with E-state index in [9.17, 15) is 9.59 Å². The number of aryl methyl sites for hydroxylation is 2. The van der Waals surface area contributed by atoms with E-state index in [1.54, 1.807) is 24.3 Å². The van der Waals surface area contributed by atoms with Crippen LogP contribution in [0.15, 0.2) is 42.5 Å². The van der Waals surface area contributed by atoms with Crippen molar-refractivity contribution in [2.24, 2.45) is 0 Å². The first-order valence-electron chi connectivity index (χ1n) is 9.76. The van der Waals surface area contributed by atoms with E-state index in [1.807, 2.05) is 45.9 Å². The fraction of sp³-hybridized carbons (Fsp3) is 0.391. The molecule has 2 aromatic carbocycles. The van der Waals surface area contributed by atoms with Crippen LogP contribution in [-0.2, 0) is 9.53 Å². The van der Waals surface area contributed by atoms with Crippen molar-refractivity contribution in [3.63, 3.8) is 0 Å². The molecule has 1 atom stereocenters. The maximum Gasteiger partial charge on any atom is 0.338 e. The molecule has 5 heteroatoms. The first kappa shape index (κ1) is 21.5. The minimum absolute atomic E-state index is 0.222. The van der Waals surface area contributed by atoms with Gasteiger partial charge >= 0.3 is 5.97 Å². The number of hydrogen-bond donors (Lipinski definition) is 1. The van der Waals surface area contributed by atoms with Crippen molar-refractivity contribution in [2.45, 2.75) is 53.1 Å². The van der Waals surface area contributed by atoms with Crippen molar-refractivity contribution in [1.29, 1.82) is 0 Å². The number of ether oxygens (including phenoxy) is 2. The number of carbonyl (C=O) groups is 2. The van der Waals surface area contributed by atoms with Crippen LogP contribution in [0.5, 0.6) is 5.75 Å². The second kappa shape index (κ2) is 10.5. The highest BCUT2D eigenvalue weighted by atomic mass is 16.5. The Morgan fingerprint density at radius 3 is 2.36 bits per heavy atom. The summed E-state index contributed by atoms with van der Waals surface area (Å²) in [6.07, 6.45) is 1.76. The lowest BCUT2D eigenvalue weighted by Crippen LogP contribution is -2.32. The maximum atomic E-state index is 12.6. The van der Waals surface area contributed by atoms with Crippen LogP contribution in [0.1, 0.15) is 54.6 Å². The van der Waals surface area contributed by atoms with Crippen LogP contribution in [0.4, 0.5) is 5.69 Å². The van der Waals surface area contributed by atoms with Gasteiger partial charge < -0.3 is 14.8 Å². The molecule has 2 aromatic rings. The molecule has 0 saturated heterocycles. The Morgan fingerprint density at radius 1 is 1.04 bits per heavy atom.